The predicted octanol–water partition coefficient (Wildman–Crippen LogP) is 3.36. The molecule has 1 spiro atoms. The van der Waals surface area contributed by atoms with E-state index in [9.17, 15) is 4.79 Å². The summed E-state index contributed by atoms with van der Waals surface area (Å²) in [6.45, 7) is 8.70. The minimum atomic E-state index is 0.0720. The van der Waals surface area contributed by atoms with Crippen LogP contribution in [0.15, 0.2) is 0 Å². The summed E-state index contributed by atoms with van der Waals surface area (Å²) in [5.41, 5.74) is 0.953. The molecule has 0 radical (unpaired) electrons. The van der Waals surface area contributed by atoms with E-state index in [2.05, 4.69) is 18.8 Å². The van der Waals surface area contributed by atoms with E-state index in [0.717, 1.165) is 54.5 Å². The molecule has 2 saturated heterocycles. The molecule has 1 aromatic rings. The Kier molecular flexibility index (Phi) is 4.06. The first-order valence-electron chi connectivity index (χ1n) is 7.91. The number of amides is 1. The normalized spacial score (nSPS) is 21.4. The zero-order chi connectivity index (χ0) is 15.0. The summed E-state index contributed by atoms with van der Waals surface area (Å²) in [7, 11) is 0. The number of hydrogen-bond acceptors (Lipinski definition) is 4. The lowest BCUT2D eigenvalue weighted by molar-refractivity contribution is -0.0386. The molecule has 4 nitrogen and oxygen atoms in total. The maximum absolute atomic E-state index is 12.7. The van der Waals surface area contributed by atoms with Gasteiger partial charge in [-0.15, -0.1) is 11.3 Å². The fourth-order valence-electron chi connectivity index (χ4n) is 3.27. The van der Waals surface area contributed by atoms with Crippen LogP contribution in [0.5, 0.6) is 0 Å². The third kappa shape index (κ3) is 2.86. The molecule has 2 fully saturated rings. The SMILES string of the molecule is Cc1nc(C(C)C)sc1C(=O)N1CCC2(CCCO2)CC1. The third-order valence-corrected chi connectivity index (χ3v) is 6.09. The van der Waals surface area contributed by atoms with Crippen molar-refractivity contribution in [3.8, 4) is 0 Å². The molecule has 0 N–H and O–H groups in total. The summed E-state index contributed by atoms with van der Waals surface area (Å²) >= 11 is 1.56. The molecular weight excluding hydrogens is 284 g/mol. The van der Waals surface area contributed by atoms with Crippen LogP contribution in [0.25, 0.3) is 0 Å². The van der Waals surface area contributed by atoms with Gasteiger partial charge in [0.2, 0.25) is 0 Å². The van der Waals surface area contributed by atoms with Gasteiger partial charge >= 0.3 is 0 Å². The average molecular weight is 308 g/mol. The zero-order valence-electron chi connectivity index (χ0n) is 13.1. The number of aryl methyl sites for hydroxylation is 1. The number of carbonyl (C=O) groups excluding carboxylic acids is 1. The highest BCUT2D eigenvalue weighted by Gasteiger charge is 2.39. The molecule has 0 unspecified atom stereocenters. The summed E-state index contributed by atoms with van der Waals surface area (Å²) in [6, 6.07) is 0. The van der Waals surface area contributed by atoms with Crippen molar-refractivity contribution < 1.29 is 9.53 Å². The first-order chi connectivity index (χ1) is 10.0. The van der Waals surface area contributed by atoms with Crippen molar-refractivity contribution in [3.05, 3.63) is 15.6 Å². The zero-order valence-corrected chi connectivity index (χ0v) is 14.0. The third-order valence-electron chi connectivity index (χ3n) is 4.65. The molecule has 2 aliphatic rings. The van der Waals surface area contributed by atoms with Crippen LogP contribution < -0.4 is 0 Å². The van der Waals surface area contributed by atoms with Crippen LogP contribution in [0.3, 0.4) is 0 Å². The molecule has 21 heavy (non-hydrogen) atoms. The van der Waals surface area contributed by atoms with Gasteiger partial charge in [0.1, 0.15) is 4.88 Å². The van der Waals surface area contributed by atoms with Gasteiger partial charge in [-0.25, -0.2) is 4.98 Å². The van der Waals surface area contributed by atoms with E-state index in [-0.39, 0.29) is 11.5 Å². The monoisotopic (exact) mass is 308 g/mol. The van der Waals surface area contributed by atoms with Crippen LogP contribution in [0, 0.1) is 6.92 Å². The number of nitrogens with zero attached hydrogens (tertiary/aromatic N) is 2. The van der Waals surface area contributed by atoms with Crippen molar-refractivity contribution in [2.45, 2.75) is 58.0 Å². The van der Waals surface area contributed by atoms with Crippen molar-refractivity contribution >= 4 is 17.2 Å². The van der Waals surface area contributed by atoms with Gasteiger partial charge in [-0.05, 0) is 32.6 Å². The fraction of sp³-hybridized carbons (Fsp3) is 0.750. The van der Waals surface area contributed by atoms with Crippen molar-refractivity contribution in [2.24, 2.45) is 0 Å². The Morgan fingerprint density at radius 2 is 2.05 bits per heavy atom. The van der Waals surface area contributed by atoms with Crippen molar-refractivity contribution in [2.75, 3.05) is 19.7 Å². The molecule has 0 atom stereocenters. The Labute approximate surface area is 130 Å². The summed E-state index contributed by atoms with van der Waals surface area (Å²) in [4.78, 5) is 20.1. The number of likely N-dealkylation sites (tertiary alicyclic amines) is 1. The molecule has 1 amide bonds. The van der Waals surface area contributed by atoms with Gasteiger partial charge < -0.3 is 9.64 Å². The van der Waals surface area contributed by atoms with Gasteiger partial charge in [-0.2, -0.15) is 0 Å². The number of thiazole rings is 1. The molecular formula is C16H24N2O2S. The second-order valence-corrected chi connectivity index (χ2v) is 7.58. The average Bonchev–Trinajstić information content (AvgIpc) is 3.06. The van der Waals surface area contributed by atoms with Gasteiger partial charge in [-0.3, -0.25) is 4.79 Å². The topological polar surface area (TPSA) is 42.4 Å². The van der Waals surface area contributed by atoms with Crippen LogP contribution in [0.2, 0.25) is 0 Å². The molecule has 0 bridgehead atoms. The van der Waals surface area contributed by atoms with Gasteiger partial charge in [-0.1, -0.05) is 13.8 Å². The van der Waals surface area contributed by atoms with Crippen LogP contribution in [-0.4, -0.2) is 41.1 Å². The molecule has 1 aromatic heterocycles. The minimum Gasteiger partial charge on any atom is -0.375 e. The number of hydrogen-bond donors (Lipinski definition) is 0. The minimum absolute atomic E-state index is 0.0720. The lowest BCUT2D eigenvalue weighted by Crippen LogP contribution is -2.46. The summed E-state index contributed by atoms with van der Waals surface area (Å²) in [5, 5.41) is 1.06. The second-order valence-electron chi connectivity index (χ2n) is 6.55. The Balaban J connectivity index is 1.69. The van der Waals surface area contributed by atoms with Crippen LogP contribution in [0.4, 0.5) is 0 Å². The lowest BCUT2D eigenvalue weighted by Gasteiger charge is -2.38. The maximum atomic E-state index is 12.7. The fourth-order valence-corrected chi connectivity index (χ4v) is 4.31. The van der Waals surface area contributed by atoms with Crippen LogP contribution in [-0.2, 0) is 4.74 Å². The van der Waals surface area contributed by atoms with E-state index in [1.807, 2.05) is 11.8 Å². The van der Waals surface area contributed by atoms with Crippen molar-refractivity contribution in [1.82, 2.24) is 9.88 Å². The Bertz CT molecular complexity index is 522. The Hall–Kier alpha value is -0.940. The molecule has 3 rings (SSSR count). The highest BCUT2D eigenvalue weighted by molar-refractivity contribution is 7.13. The molecule has 0 aromatic carbocycles. The number of ether oxygens (including phenoxy) is 1. The lowest BCUT2D eigenvalue weighted by atomic mass is 9.88. The molecule has 5 heteroatoms. The summed E-state index contributed by atoms with van der Waals surface area (Å²) in [6.07, 6.45) is 4.28. The highest BCUT2D eigenvalue weighted by atomic mass is 32.1. The smallest absolute Gasteiger partial charge is 0.265 e. The van der Waals surface area contributed by atoms with E-state index in [4.69, 9.17) is 4.74 Å². The van der Waals surface area contributed by atoms with E-state index in [1.54, 1.807) is 11.3 Å². The van der Waals surface area contributed by atoms with E-state index in [0.29, 0.717) is 5.92 Å². The van der Waals surface area contributed by atoms with Crippen LogP contribution >= 0.6 is 11.3 Å². The predicted molar refractivity (Wildman–Crippen MR) is 84.0 cm³/mol. The second kappa shape index (κ2) is 5.69. The molecule has 116 valence electrons. The number of rotatable bonds is 2. The molecule has 0 saturated carbocycles. The molecule has 2 aliphatic heterocycles. The largest absolute Gasteiger partial charge is 0.375 e. The Morgan fingerprint density at radius 1 is 1.33 bits per heavy atom. The van der Waals surface area contributed by atoms with Gasteiger partial charge in [0.05, 0.1) is 16.3 Å². The molecule has 3 heterocycles. The van der Waals surface area contributed by atoms with E-state index < -0.39 is 0 Å². The van der Waals surface area contributed by atoms with Crippen molar-refractivity contribution in [3.63, 3.8) is 0 Å². The van der Waals surface area contributed by atoms with Gasteiger partial charge in [0.25, 0.3) is 5.91 Å². The Morgan fingerprint density at radius 3 is 2.57 bits per heavy atom. The van der Waals surface area contributed by atoms with E-state index >= 15 is 0 Å². The maximum Gasteiger partial charge on any atom is 0.265 e. The summed E-state index contributed by atoms with van der Waals surface area (Å²) < 4.78 is 5.93. The van der Waals surface area contributed by atoms with E-state index in [1.165, 1.54) is 6.42 Å². The summed E-state index contributed by atoms with van der Waals surface area (Å²) in [5.74, 6) is 0.538. The van der Waals surface area contributed by atoms with Gasteiger partial charge in [0.15, 0.2) is 0 Å². The number of carbonyl (C=O) groups is 1. The first-order valence-corrected chi connectivity index (χ1v) is 8.73. The number of piperidine rings is 1. The standard InChI is InChI=1S/C16H24N2O2S/c1-11(2)14-17-12(3)13(21-14)15(19)18-8-6-16(7-9-18)5-4-10-20-16/h11H,4-10H2,1-3H3. The highest BCUT2D eigenvalue weighted by Crippen LogP contribution is 2.36. The van der Waals surface area contributed by atoms with Crippen molar-refractivity contribution in [1.29, 1.82) is 0 Å². The molecule has 0 aliphatic carbocycles. The van der Waals surface area contributed by atoms with Gasteiger partial charge in [0, 0.05) is 25.6 Å². The number of aromatic nitrogens is 1. The van der Waals surface area contributed by atoms with Crippen LogP contribution in [0.1, 0.15) is 65.8 Å². The first kappa shape index (κ1) is 15.0. The quantitative estimate of drug-likeness (QED) is 0.841.